The van der Waals surface area contributed by atoms with Crippen LogP contribution in [0.2, 0.25) is 0 Å². The average Bonchev–Trinajstić information content (AvgIpc) is 2.41. The Hall–Kier alpha value is -1.84. The zero-order valence-electron chi connectivity index (χ0n) is 10.9. The van der Waals surface area contributed by atoms with Gasteiger partial charge >= 0.3 is 0 Å². The summed E-state index contributed by atoms with van der Waals surface area (Å²) in [7, 11) is 0. The highest BCUT2D eigenvalue weighted by Gasteiger charge is 2.05. The van der Waals surface area contributed by atoms with E-state index in [-0.39, 0.29) is 5.91 Å². The van der Waals surface area contributed by atoms with Gasteiger partial charge in [-0.05, 0) is 18.6 Å². The summed E-state index contributed by atoms with van der Waals surface area (Å²) in [6.07, 6.45) is 6.81. The zero-order valence-corrected chi connectivity index (χ0v) is 10.9. The topological polar surface area (TPSA) is 54.0 Å². The number of carbonyl (C=O) groups excluding carboxylic acids is 1. The predicted molar refractivity (Wildman–Crippen MR) is 74.8 cm³/mol. The van der Waals surface area contributed by atoms with E-state index in [1.54, 1.807) is 24.4 Å². The number of aromatic nitrogens is 1. The van der Waals surface area contributed by atoms with Crippen LogP contribution in [0.15, 0.2) is 31.0 Å². The van der Waals surface area contributed by atoms with Crippen molar-refractivity contribution in [1.82, 2.24) is 10.3 Å². The minimum atomic E-state index is -0.103. The first kappa shape index (κ1) is 14.2. The van der Waals surface area contributed by atoms with E-state index in [0.717, 1.165) is 18.8 Å². The molecule has 0 saturated carbocycles. The first-order chi connectivity index (χ1) is 8.77. The molecule has 1 amide bonds. The van der Waals surface area contributed by atoms with Crippen molar-refractivity contribution in [3.05, 3.63) is 36.5 Å². The summed E-state index contributed by atoms with van der Waals surface area (Å²) in [5, 5.41) is 5.96. The molecule has 0 bridgehead atoms. The number of anilines is 1. The Morgan fingerprint density at radius 3 is 3.06 bits per heavy atom. The minimum absolute atomic E-state index is 0.103. The lowest BCUT2D eigenvalue weighted by Gasteiger charge is -2.07. The van der Waals surface area contributed by atoms with Crippen LogP contribution in [0.5, 0.6) is 0 Å². The molecule has 0 fully saturated rings. The number of rotatable bonds is 8. The van der Waals surface area contributed by atoms with E-state index in [0.29, 0.717) is 12.1 Å². The standard InChI is InChI=1S/C14H21N3O/c1-3-5-6-9-15-13-11-12(7-10-16-13)14(18)17-8-4-2/h4,7,10-11H,2-3,5-6,8-9H2,1H3,(H,15,16)(H,17,18). The quantitative estimate of drug-likeness (QED) is 0.548. The summed E-state index contributed by atoms with van der Waals surface area (Å²) in [5.41, 5.74) is 0.616. The van der Waals surface area contributed by atoms with Gasteiger partial charge in [0.2, 0.25) is 0 Å². The van der Waals surface area contributed by atoms with Crippen molar-refractivity contribution >= 4 is 11.7 Å². The Morgan fingerprint density at radius 2 is 2.33 bits per heavy atom. The summed E-state index contributed by atoms with van der Waals surface area (Å²) >= 11 is 0. The van der Waals surface area contributed by atoms with Crippen molar-refractivity contribution in [2.75, 3.05) is 18.4 Å². The fourth-order valence-electron chi connectivity index (χ4n) is 1.53. The average molecular weight is 247 g/mol. The Bertz CT molecular complexity index is 390. The van der Waals surface area contributed by atoms with Crippen LogP contribution in [-0.4, -0.2) is 24.0 Å². The van der Waals surface area contributed by atoms with Crippen LogP contribution >= 0.6 is 0 Å². The molecule has 1 rings (SSSR count). The smallest absolute Gasteiger partial charge is 0.251 e. The largest absolute Gasteiger partial charge is 0.370 e. The summed E-state index contributed by atoms with van der Waals surface area (Å²) < 4.78 is 0. The molecule has 0 spiro atoms. The second-order valence-electron chi connectivity index (χ2n) is 4.06. The third kappa shape index (κ3) is 4.99. The van der Waals surface area contributed by atoms with Crippen LogP contribution in [0.4, 0.5) is 5.82 Å². The summed E-state index contributed by atoms with van der Waals surface area (Å²) in [6, 6.07) is 3.47. The lowest BCUT2D eigenvalue weighted by Crippen LogP contribution is -2.23. The maximum atomic E-state index is 11.7. The lowest BCUT2D eigenvalue weighted by atomic mass is 10.2. The van der Waals surface area contributed by atoms with Gasteiger partial charge in [0.05, 0.1) is 0 Å². The molecule has 2 N–H and O–H groups in total. The van der Waals surface area contributed by atoms with Crippen LogP contribution in [0.3, 0.4) is 0 Å². The van der Waals surface area contributed by atoms with E-state index in [1.807, 2.05) is 0 Å². The van der Waals surface area contributed by atoms with Gasteiger partial charge in [-0.25, -0.2) is 4.98 Å². The molecule has 0 aromatic carbocycles. The summed E-state index contributed by atoms with van der Waals surface area (Å²) in [5.74, 6) is 0.645. The number of unbranched alkanes of at least 4 members (excludes halogenated alkanes) is 2. The van der Waals surface area contributed by atoms with Crippen molar-refractivity contribution in [3.8, 4) is 0 Å². The van der Waals surface area contributed by atoms with Gasteiger partial charge in [-0.2, -0.15) is 0 Å². The minimum Gasteiger partial charge on any atom is -0.370 e. The highest BCUT2D eigenvalue weighted by molar-refractivity contribution is 5.94. The zero-order chi connectivity index (χ0) is 13.2. The molecule has 4 heteroatoms. The van der Waals surface area contributed by atoms with Crippen LogP contribution < -0.4 is 10.6 Å². The number of nitrogens with zero attached hydrogens (tertiary/aromatic N) is 1. The maximum Gasteiger partial charge on any atom is 0.251 e. The van der Waals surface area contributed by atoms with Gasteiger partial charge in [-0.1, -0.05) is 25.8 Å². The molecule has 4 nitrogen and oxygen atoms in total. The normalized spacial score (nSPS) is 9.83. The van der Waals surface area contributed by atoms with Gasteiger partial charge < -0.3 is 10.6 Å². The second kappa shape index (κ2) is 8.28. The van der Waals surface area contributed by atoms with E-state index in [4.69, 9.17) is 0 Å². The fraction of sp³-hybridized carbons (Fsp3) is 0.429. The first-order valence-corrected chi connectivity index (χ1v) is 6.37. The molecule has 1 aromatic heterocycles. The number of hydrogen-bond acceptors (Lipinski definition) is 3. The van der Waals surface area contributed by atoms with Gasteiger partial charge in [-0.15, -0.1) is 6.58 Å². The Balaban J connectivity index is 2.50. The Kier molecular flexibility index (Phi) is 6.54. The molecule has 98 valence electrons. The molecule has 0 atom stereocenters. The van der Waals surface area contributed by atoms with Crippen molar-refractivity contribution in [1.29, 1.82) is 0 Å². The lowest BCUT2D eigenvalue weighted by molar-refractivity contribution is 0.0958. The highest BCUT2D eigenvalue weighted by atomic mass is 16.1. The van der Waals surface area contributed by atoms with Crippen molar-refractivity contribution in [2.24, 2.45) is 0 Å². The molecule has 1 aromatic rings. The molecule has 18 heavy (non-hydrogen) atoms. The second-order valence-corrected chi connectivity index (χ2v) is 4.06. The summed E-state index contributed by atoms with van der Waals surface area (Å²) in [4.78, 5) is 15.9. The molecule has 0 saturated heterocycles. The fourth-order valence-corrected chi connectivity index (χ4v) is 1.53. The maximum absolute atomic E-state index is 11.7. The number of carbonyl (C=O) groups is 1. The van der Waals surface area contributed by atoms with Crippen molar-refractivity contribution < 1.29 is 4.79 Å². The number of nitrogens with one attached hydrogen (secondary N) is 2. The Morgan fingerprint density at radius 1 is 1.50 bits per heavy atom. The molecule has 0 aliphatic rings. The number of hydrogen-bond donors (Lipinski definition) is 2. The SMILES string of the molecule is C=CCNC(=O)c1ccnc(NCCCCC)c1. The van der Waals surface area contributed by atoms with Gasteiger partial charge in [0.1, 0.15) is 5.82 Å². The third-order valence-electron chi connectivity index (χ3n) is 2.52. The molecule has 1 heterocycles. The number of pyridine rings is 1. The van der Waals surface area contributed by atoms with E-state index in [9.17, 15) is 4.79 Å². The molecule has 0 unspecified atom stereocenters. The van der Waals surface area contributed by atoms with Crippen molar-refractivity contribution in [3.63, 3.8) is 0 Å². The van der Waals surface area contributed by atoms with E-state index < -0.39 is 0 Å². The van der Waals surface area contributed by atoms with E-state index in [1.165, 1.54) is 12.8 Å². The molecular formula is C14H21N3O. The van der Waals surface area contributed by atoms with E-state index >= 15 is 0 Å². The molecular weight excluding hydrogens is 226 g/mol. The van der Waals surface area contributed by atoms with Crippen LogP contribution in [-0.2, 0) is 0 Å². The van der Waals surface area contributed by atoms with Crippen LogP contribution in [0.25, 0.3) is 0 Å². The molecule has 0 aliphatic carbocycles. The number of amides is 1. The molecule has 0 radical (unpaired) electrons. The van der Waals surface area contributed by atoms with Gasteiger partial charge in [0.15, 0.2) is 0 Å². The first-order valence-electron chi connectivity index (χ1n) is 6.37. The predicted octanol–water partition coefficient (Wildman–Crippen LogP) is 2.60. The van der Waals surface area contributed by atoms with Gasteiger partial charge in [-0.3, -0.25) is 4.79 Å². The third-order valence-corrected chi connectivity index (χ3v) is 2.52. The van der Waals surface area contributed by atoms with Gasteiger partial charge in [0.25, 0.3) is 5.91 Å². The van der Waals surface area contributed by atoms with Crippen LogP contribution in [0, 0.1) is 0 Å². The molecule has 0 aliphatic heterocycles. The highest BCUT2D eigenvalue weighted by Crippen LogP contribution is 2.07. The Labute approximate surface area is 109 Å². The monoisotopic (exact) mass is 247 g/mol. The van der Waals surface area contributed by atoms with Crippen molar-refractivity contribution in [2.45, 2.75) is 26.2 Å². The summed E-state index contributed by atoms with van der Waals surface area (Å²) in [6.45, 7) is 7.09. The van der Waals surface area contributed by atoms with Gasteiger partial charge in [0, 0.05) is 24.8 Å². The van der Waals surface area contributed by atoms with E-state index in [2.05, 4.69) is 29.1 Å². The van der Waals surface area contributed by atoms with Crippen LogP contribution in [0.1, 0.15) is 36.5 Å².